The highest BCUT2D eigenvalue weighted by Gasteiger charge is 2.57. The van der Waals surface area contributed by atoms with Gasteiger partial charge in [-0.3, -0.25) is 0 Å². The Labute approximate surface area is 119 Å². The summed E-state index contributed by atoms with van der Waals surface area (Å²) in [6, 6.07) is 8.61. The van der Waals surface area contributed by atoms with Crippen LogP contribution in [0.2, 0.25) is 0 Å². The summed E-state index contributed by atoms with van der Waals surface area (Å²) in [5, 5.41) is 12.8. The lowest BCUT2D eigenvalue weighted by atomic mass is 9.48. The highest BCUT2D eigenvalue weighted by Crippen LogP contribution is 2.61. The summed E-state index contributed by atoms with van der Waals surface area (Å²) in [7, 11) is 0. The van der Waals surface area contributed by atoms with Crippen molar-refractivity contribution in [2.75, 3.05) is 0 Å². The maximum absolute atomic E-state index is 11.5. The second-order valence-corrected chi connectivity index (χ2v) is 7.41. The predicted octanol–water partition coefficient (Wildman–Crippen LogP) is 3.81. The van der Waals surface area contributed by atoms with Gasteiger partial charge in [0.25, 0.3) is 0 Å². The molecule has 1 aromatic heterocycles. The number of hydrogen-bond donors (Lipinski definition) is 2. The normalized spacial score (nSPS) is 42.5. The minimum Gasteiger partial charge on any atom is -0.385 e. The van der Waals surface area contributed by atoms with Crippen LogP contribution < -0.4 is 0 Å². The Morgan fingerprint density at radius 1 is 0.950 bits per heavy atom. The Balaban J connectivity index is 1.64. The topological polar surface area (TPSA) is 36.0 Å². The Kier molecular flexibility index (Phi) is 2.09. The average molecular weight is 267 g/mol. The summed E-state index contributed by atoms with van der Waals surface area (Å²) >= 11 is 0. The van der Waals surface area contributed by atoms with E-state index in [1.165, 1.54) is 48.6 Å². The highest BCUT2D eigenvalue weighted by molar-refractivity contribution is 5.80. The van der Waals surface area contributed by atoms with Gasteiger partial charge in [0.2, 0.25) is 0 Å². The van der Waals surface area contributed by atoms with Crippen molar-refractivity contribution in [1.82, 2.24) is 4.98 Å². The van der Waals surface area contributed by atoms with Crippen molar-refractivity contribution in [2.45, 2.75) is 37.7 Å². The molecule has 4 bridgehead atoms. The lowest BCUT2D eigenvalue weighted by molar-refractivity contribution is -0.179. The van der Waals surface area contributed by atoms with E-state index in [0.29, 0.717) is 11.8 Å². The van der Waals surface area contributed by atoms with Crippen molar-refractivity contribution >= 4 is 10.9 Å². The van der Waals surface area contributed by atoms with E-state index in [1.807, 2.05) is 6.20 Å². The molecule has 4 aliphatic carbocycles. The largest absolute Gasteiger partial charge is 0.385 e. The maximum atomic E-state index is 11.5. The molecule has 0 aliphatic heterocycles. The third kappa shape index (κ3) is 1.33. The molecule has 0 unspecified atom stereocenters. The lowest BCUT2D eigenvalue weighted by Crippen LogP contribution is -2.55. The van der Waals surface area contributed by atoms with Gasteiger partial charge in [0.05, 0.1) is 5.60 Å². The van der Waals surface area contributed by atoms with E-state index in [1.54, 1.807) is 0 Å². The number of benzene rings is 1. The van der Waals surface area contributed by atoms with Gasteiger partial charge in [0.15, 0.2) is 0 Å². The van der Waals surface area contributed by atoms with E-state index in [0.717, 1.165) is 11.8 Å². The minimum absolute atomic E-state index is 0.496. The summed E-state index contributed by atoms with van der Waals surface area (Å²) in [5.74, 6) is 2.79. The molecule has 2 heteroatoms. The van der Waals surface area contributed by atoms with Gasteiger partial charge in [-0.25, -0.2) is 0 Å². The minimum atomic E-state index is -0.557. The fraction of sp³-hybridized carbons (Fsp3) is 0.556. The van der Waals surface area contributed by atoms with Crippen LogP contribution in [0.5, 0.6) is 0 Å². The molecular weight excluding hydrogens is 246 g/mol. The zero-order valence-electron chi connectivity index (χ0n) is 11.7. The van der Waals surface area contributed by atoms with Gasteiger partial charge >= 0.3 is 0 Å². The SMILES string of the molecule is OC1(c2ccc3[nH]ccc3c2)C2CC3CC(C2)CC1C3. The number of H-pyrrole nitrogens is 1. The molecule has 0 spiro atoms. The van der Waals surface area contributed by atoms with Crippen molar-refractivity contribution < 1.29 is 5.11 Å². The summed E-state index contributed by atoms with van der Waals surface area (Å²) in [5.41, 5.74) is 1.78. The first-order chi connectivity index (χ1) is 9.73. The van der Waals surface area contributed by atoms with Gasteiger partial charge in [0, 0.05) is 11.7 Å². The molecule has 0 saturated heterocycles. The van der Waals surface area contributed by atoms with Gasteiger partial charge in [-0.2, -0.15) is 0 Å². The predicted molar refractivity (Wildman–Crippen MR) is 79.2 cm³/mol. The van der Waals surface area contributed by atoms with E-state index >= 15 is 0 Å². The molecule has 4 fully saturated rings. The third-order valence-electron chi connectivity index (χ3n) is 6.40. The van der Waals surface area contributed by atoms with Gasteiger partial charge < -0.3 is 10.1 Å². The van der Waals surface area contributed by atoms with Crippen LogP contribution >= 0.6 is 0 Å². The number of aliphatic hydroxyl groups is 1. The second-order valence-electron chi connectivity index (χ2n) is 7.41. The average Bonchev–Trinajstić information content (AvgIpc) is 2.91. The number of aromatic amines is 1. The van der Waals surface area contributed by atoms with Crippen LogP contribution in [-0.4, -0.2) is 10.1 Å². The zero-order valence-corrected chi connectivity index (χ0v) is 11.7. The molecule has 4 saturated carbocycles. The van der Waals surface area contributed by atoms with Gasteiger partial charge in [-0.15, -0.1) is 0 Å². The first-order valence-electron chi connectivity index (χ1n) is 8.03. The van der Waals surface area contributed by atoms with E-state index in [4.69, 9.17) is 0 Å². The van der Waals surface area contributed by atoms with E-state index < -0.39 is 5.60 Å². The molecule has 2 aromatic rings. The van der Waals surface area contributed by atoms with Gasteiger partial charge in [-0.1, -0.05) is 6.07 Å². The summed E-state index contributed by atoms with van der Waals surface area (Å²) in [4.78, 5) is 3.25. The fourth-order valence-corrected chi connectivity index (χ4v) is 5.68. The smallest absolute Gasteiger partial charge is 0.0953 e. The molecule has 104 valence electrons. The standard InChI is InChI=1S/C18H21NO/c20-18(14-1-2-17-13(10-14)3-4-19-17)15-6-11-5-12(8-15)9-16(18)7-11/h1-4,10-12,15-16,19-20H,5-9H2. The first kappa shape index (κ1) is 11.4. The number of hydrogen-bond acceptors (Lipinski definition) is 1. The van der Waals surface area contributed by atoms with Crippen LogP contribution in [-0.2, 0) is 5.60 Å². The summed E-state index contributed by atoms with van der Waals surface area (Å²) < 4.78 is 0. The molecule has 0 atom stereocenters. The Hall–Kier alpha value is -1.28. The molecule has 0 amide bonds. The summed E-state index contributed by atoms with van der Waals surface area (Å²) in [6.07, 6.45) is 8.39. The third-order valence-corrected chi connectivity index (χ3v) is 6.40. The molecule has 4 aliphatic rings. The van der Waals surface area contributed by atoms with Crippen molar-refractivity contribution in [3.8, 4) is 0 Å². The monoisotopic (exact) mass is 267 g/mol. The lowest BCUT2D eigenvalue weighted by Gasteiger charge is -2.59. The van der Waals surface area contributed by atoms with E-state index in [9.17, 15) is 5.11 Å². The van der Waals surface area contributed by atoms with E-state index in [2.05, 4.69) is 29.2 Å². The van der Waals surface area contributed by atoms with E-state index in [-0.39, 0.29) is 0 Å². The van der Waals surface area contributed by atoms with Crippen LogP contribution in [0.3, 0.4) is 0 Å². The number of aromatic nitrogens is 1. The maximum Gasteiger partial charge on any atom is 0.0953 e. The van der Waals surface area contributed by atoms with Crippen LogP contribution in [0.25, 0.3) is 10.9 Å². The first-order valence-corrected chi connectivity index (χ1v) is 8.03. The van der Waals surface area contributed by atoms with Crippen molar-refractivity contribution in [2.24, 2.45) is 23.7 Å². The van der Waals surface area contributed by atoms with Crippen molar-refractivity contribution in [3.05, 3.63) is 36.0 Å². The second kappa shape index (κ2) is 3.67. The fourth-order valence-electron chi connectivity index (χ4n) is 5.68. The molecule has 20 heavy (non-hydrogen) atoms. The Bertz CT molecular complexity index is 643. The molecule has 2 nitrogen and oxygen atoms in total. The van der Waals surface area contributed by atoms with Crippen LogP contribution in [0.1, 0.15) is 37.7 Å². The Morgan fingerprint density at radius 2 is 1.65 bits per heavy atom. The molecular formula is C18H21NO. The number of fused-ring (bicyclic) bond motifs is 1. The number of nitrogens with one attached hydrogen (secondary N) is 1. The van der Waals surface area contributed by atoms with Crippen molar-refractivity contribution in [1.29, 1.82) is 0 Å². The molecule has 0 radical (unpaired) electrons. The van der Waals surface area contributed by atoms with Crippen LogP contribution in [0.15, 0.2) is 30.5 Å². The van der Waals surface area contributed by atoms with Crippen LogP contribution in [0.4, 0.5) is 0 Å². The molecule has 2 N–H and O–H groups in total. The number of rotatable bonds is 1. The Morgan fingerprint density at radius 3 is 2.35 bits per heavy atom. The quantitative estimate of drug-likeness (QED) is 0.809. The molecule has 1 heterocycles. The van der Waals surface area contributed by atoms with Crippen molar-refractivity contribution in [3.63, 3.8) is 0 Å². The summed E-state index contributed by atoms with van der Waals surface area (Å²) in [6.45, 7) is 0. The highest BCUT2D eigenvalue weighted by atomic mass is 16.3. The van der Waals surface area contributed by atoms with Gasteiger partial charge in [0.1, 0.15) is 0 Å². The molecule has 6 rings (SSSR count). The van der Waals surface area contributed by atoms with Crippen LogP contribution in [0, 0.1) is 23.7 Å². The van der Waals surface area contributed by atoms with Gasteiger partial charge in [-0.05, 0) is 84.9 Å². The molecule has 1 aromatic carbocycles. The zero-order chi connectivity index (χ0) is 13.3.